The Kier molecular flexibility index (Phi) is 2.65. The number of halogens is 1. The molecule has 2 nitrogen and oxygen atoms in total. The number of rotatable bonds is 2. The van der Waals surface area contributed by atoms with Crippen LogP contribution in [0.15, 0.2) is 22.0 Å². The van der Waals surface area contributed by atoms with E-state index in [1.807, 2.05) is 17.5 Å². The summed E-state index contributed by atoms with van der Waals surface area (Å²) < 4.78 is 12.6. The molecule has 74 valence electrons. The molecule has 0 fully saturated rings. The topological polar surface area (TPSA) is 18.5 Å². The molecule has 0 aliphatic rings. The number of methoxy groups -OCH3 is 2. The second-order valence-electron chi connectivity index (χ2n) is 2.79. The second kappa shape index (κ2) is 3.79. The molecule has 2 aromatic rings. The van der Waals surface area contributed by atoms with Gasteiger partial charge >= 0.3 is 0 Å². The molecule has 2 rings (SSSR count). The molecule has 1 aromatic carbocycles. The van der Waals surface area contributed by atoms with Gasteiger partial charge in [0.2, 0.25) is 0 Å². The lowest BCUT2D eigenvalue weighted by atomic mass is 10.2. The van der Waals surface area contributed by atoms with Crippen LogP contribution in [0.3, 0.4) is 0 Å². The standard InChI is InChI=1S/C10H9BrO2S/c1-12-8-3-6-9(13-2)5-14-10(6)4-7(8)11/h3-5H,1-2H3. The zero-order chi connectivity index (χ0) is 10.1. The van der Waals surface area contributed by atoms with E-state index < -0.39 is 0 Å². The lowest BCUT2D eigenvalue weighted by Gasteiger charge is -2.03. The van der Waals surface area contributed by atoms with E-state index in [0.717, 1.165) is 21.4 Å². The minimum atomic E-state index is 0.828. The Morgan fingerprint density at radius 3 is 2.50 bits per heavy atom. The van der Waals surface area contributed by atoms with E-state index in [1.54, 1.807) is 25.6 Å². The summed E-state index contributed by atoms with van der Waals surface area (Å²) in [5.74, 6) is 1.73. The van der Waals surface area contributed by atoms with Crippen molar-refractivity contribution < 1.29 is 9.47 Å². The highest BCUT2D eigenvalue weighted by atomic mass is 79.9. The predicted molar refractivity (Wildman–Crippen MR) is 62.6 cm³/mol. The van der Waals surface area contributed by atoms with Crippen molar-refractivity contribution in [3.05, 3.63) is 22.0 Å². The molecule has 0 N–H and O–H groups in total. The third-order valence-corrected chi connectivity index (χ3v) is 3.58. The molecule has 0 saturated heterocycles. The summed E-state index contributed by atoms with van der Waals surface area (Å²) >= 11 is 5.11. The fourth-order valence-corrected chi connectivity index (χ4v) is 2.91. The average molecular weight is 273 g/mol. The number of benzene rings is 1. The molecule has 14 heavy (non-hydrogen) atoms. The van der Waals surface area contributed by atoms with E-state index >= 15 is 0 Å². The van der Waals surface area contributed by atoms with Gasteiger partial charge in [-0.25, -0.2) is 0 Å². The monoisotopic (exact) mass is 272 g/mol. The molecule has 0 spiro atoms. The Labute approximate surface area is 94.6 Å². The van der Waals surface area contributed by atoms with E-state index in [1.165, 1.54) is 4.70 Å². The molecule has 1 heterocycles. The summed E-state index contributed by atoms with van der Waals surface area (Å²) in [5, 5.41) is 3.09. The number of thiophene rings is 1. The minimum absolute atomic E-state index is 0.828. The quantitative estimate of drug-likeness (QED) is 0.831. The van der Waals surface area contributed by atoms with Crippen LogP contribution in [0, 0.1) is 0 Å². The summed E-state index contributed by atoms with van der Waals surface area (Å²) in [6.45, 7) is 0. The molecule has 0 radical (unpaired) electrons. The largest absolute Gasteiger partial charge is 0.496 e. The van der Waals surface area contributed by atoms with E-state index in [4.69, 9.17) is 9.47 Å². The molecule has 0 amide bonds. The van der Waals surface area contributed by atoms with Crippen LogP contribution >= 0.6 is 27.3 Å². The van der Waals surface area contributed by atoms with Gasteiger partial charge in [0.05, 0.1) is 18.7 Å². The Morgan fingerprint density at radius 2 is 1.86 bits per heavy atom. The third kappa shape index (κ3) is 1.48. The van der Waals surface area contributed by atoms with Crippen molar-refractivity contribution in [1.29, 1.82) is 0 Å². The number of fused-ring (bicyclic) bond motifs is 1. The molecule has 1 aromatic heterocycles. The van der Waals surface area contributed by atoms with E-state index in [0.29, 0.717) is 0 Å². The van der Waals surface area contributed by atoms with Gasteiger partial charge in [-0.05, 0) is 28.1 Å². The van der Waals surface area contributed by atoms with Crippen LogP contribution in [0.5, 0.6) is 11.5 Å². The normalized spacial score (nSPS) is 10.5. The summed E-state index contributed by atoms with van der Waals surface area (Å²) in [7, 11) is 3.33. The van der Waals surface area contributed by atoms with Crippen molar-refractivity contribution in [1.82, 2.24) is 0 Å². The van der Waals surface area contributed by atoms with Gasteiger partial charge < -0.3 is 9.47 Å². The molecular formula is C10H9BrO2S. The number of hydrogen-bond donors (Lipinski definition) is 0. The minimum Gasteiger partial charge on any atom is -0.496 e. The van der Waals surface area contributed by atoms with Gasteiger partial charge in [-0.1, -0.05) is 0 Å². The Bertz CT molecular complexity index is 464. The van der Waals surface area contributed by atoms with Crippen LogP contribution in [0.2, 0.25) is 0 Å². The van der Waals surface area contributed by atoms with Gasteiger partial charge in [0.15, 0.2) is 0 Å². The molecule has 0 unspecified atom stereocenters. The lowest BCUT2D eigenvalue weighted by Crippen LogP contribution is -1.84. The maximum atomic E-state index is 5.25. The van der Waals surface area contributed by atoms with Gasteiger partial charge in [0, 0.05) is 15.5 Å². The number of hydrogen-bond acceptors (Lipinski definition) is 3. The predicted octanol–water partition coefficient (Wildman–Crippen LogP) is 3.68. The van der Waals surface area contributed by atoms with Crippen LogP contribution in [0.4, 0.5) is 0 Å². The fraction of sp³-hybridized carbons (Fsp3) is 0.200. The maximum absolute atomic E-state index is 5.25. The van der Waals surface area contributed by atoms with Crippen LogP contribution in [-0.4, -0.2) is 14.2 Å². The van der Waals surface area contributed by atoms with Crippen LogP contribution < -0.4 is 9.47 Å². The van der Waals surface area contributed by atoms with Crippen molar-refractivity contribution in [3.8, 4) is 11.5 Å². The van der Waals surface area contributed by atoms with Crippen LogP contribution in [0.1, 0.15) is 0 Å². The Morgan fingerprint density at radius 1 is 1.14 bits per heavy atom. The highest BCUT2D eigenvalue weighted by Crippen LogP contribution is 2.38. The van der Waals surface area contributed by atoms with E-state index in [9.17, 15) is 0 Å². The molecule has 0 bridgehead atoms. The van der Waals surface area contributed by atoms with Gasteiger partial charge in [-0.2, -0.15) is 0 Å². The van der Waals surface area contributed by atoms with E-state index in [2.05, 4.69) is 15.9 Å². The first-order valence-corrected chi connectivity index (χ1v) is 5.72. The zero-order valence-corrected chi connectivity index (χ0v) is 10.2. The Balaban J connectivity index is 2.70. The van der Waals surface area contributed by atoms with Gasteiger partial charge in [-0.3, -0.25) is 0 Å². The zero-order valence-electron chi connectivity index (χ0n) is 7.83. The SMILES string of the molecule is COc1cc2c(OC)csc2cc1Br. The first kappa shape index (κ1) is 9.80. The Hall–Kier alpha value is -0.740. The summed E-state index contributed by atoms with van der Waals surface area (Å²) in [4.78, 5) is 0. The van der Waals surface area contributed by atoms with Gasteiger partial charge in [0.1, 0.15) is 11.5 Å². The van der Waals surface area contributed by atoms with Crippen molar-refractivity contribution in [2.75, 3.05) is 14.2 Å². The van der Waals surface area contributed by atoms with Gasteiger partial charge in [0.25, 0.3) is 0 Å². The van der Waals surface area contributed by atoms with Gasteiger partial charge in [-0.15, -0.1) is 11.3 Å². The summed E-state index contributed by atoms with van der Waals surface area (Å²) in [6, 6.07) is 4.02. The third-order valence-electron chi connectivity index (χ3n) is 2.03. The molecule has 0 saturated carbocycles. The summed E-state index contributed by atoms with van der Waals surface area (Å²) in [6.07, 6.45) is 0. The van der Waals surface area contributed by atoms with Crippen molar-refractivity contribution >= 4 is 37.4 Å². The van der Waals surface area contributed by atoms with Crippen LogP contribution in [-0.2, 0) is 0 Å². The second-order valence-corrected chi connectivity index (χ2v) is 4.55. The molecule has 0 atom stereocenters. The first-order chi connectivity index (χ1) is 6.76. The van der Waals surface area contributed by atoms with E-state index in [-0.39, 0.29) is 0 Å². The summed E-state index contributed by atoms with van der Waals surface area (Å²) in [5.41, 5.74) is 0. The van der Waals surface area contributed by atoms with Crippen LogP contribution in [0.25, 0.3) is 10.1 Å². The average Bonchev–Trinajstić information content (AvgIpc) is 2.58. The smallest absolute Gasteiger partial charge is 0.137 e. The lowest BCUT2D eigenvalue weighted by molar-refractivity contribution is 0.410. The van der Waals surface area contributed by atoms with Crippen molar-refractivity contribution in [2.24, 2.45) is 0 Å². The molecule has 4 heteroatoms. The number of ether oxygens (including phenoxy) is 2. The highest BCUT2D eigenvalue weighted by molar-refractivity contribution is 9.10. The first-order valence-electron chi connectivity index (χ1n) is 4.05. The van der Waals surface area contributed by atoms with Crippen molar-refractivity contribution in [2.45, 2.75) is 0 Å². The van der Waals surface area contributed by atoms with Crippen molar-refractivity contribution in [3.63, 3.8) is 0 Å². The fourth-order valence-electron chi connectivity index (χ4n) is 1.32. The molecule has 0 aliphatic heterocycles. The maximum Gasteiger partial charge on any atom is 0.137 e. The molecular weight excluding hydrogens is 264 g/mol. The molecule has 0 aliphatic carbocycles. The highest BCUT2D eigenvalue weighted by Gasteiger charge is 2.08.